The molecule has 36 heavy (non-hydrogen) atoms. The van der Waals surface area contributed by atoms with Crippen molar-refractivity contribution in [2.24, 2.45) is 0 Å². The monoisotopic (exact) mass is 486 g/mol. The van der Waals surface area contributed by atoms with Gasteiger partial charge in [0.25, 0.3) is 0 Å². The van der Waals surface area contributed by atoms with E-state index in [4.69, 9.17) is 14.5 Å². The van der Waals surface area contributed by atoms with Crippen LogP contribution >= 0.6 is 0 Å². The van der Waals surface area contributed by atoms with E-state index < -0.39 is 5.60 Å². The van der Waals surface area contributed by atoms with Crippen molar-refractivity contribution in [3.8, 4) is 22.9 Å². The number of hydrogen-bond donors (Lipinski definition) is 2. The number of ether oxygens (including phenoxy) is 2. The van der Waals surface area contributed by atoms with E-state index in [0.29, 0.717) is 19.0 Å². The van der Waals surface area contributed by atoms with Gasteiger partial charge in [0.2, 0.25) is 5.88 Å². The molecule has 6 rings (SSSR count). The number of aliphatic hydroxyl groups is 1. The van der Waals surface area contributed by atoms with Gasteiger partial charge in [-0.1, -0.05) is 0 Å². The summed E-state index contributed by atoms with van der Waals surface area (Å²) in [5.41, 5.74) is 4.67. The van der Waals surface area contributed by atoms with Crippen molar-refractivity contribution < 1.29 is 14.6 Å². The molecule has 5 heterocycles. The molecule has 4 aromatic rings. The number of aromatic nitrogens is 4. The molecule has 0 saturated carbocycles. The van der Waals surface area contributed by atoms with Gasteiger partial charge in [-0.25, -0.2) is 15.0 Å². The summed E-state index contributed by atoms with van der Waals surface area (Å²) in [5.74, 6) is 2.10. The Kier molecular flexibility index (Phi) is 5.64. The Hall–Kier alpha value is -3.85. The normalized spacial score (nSPS) is 19.6. The second-order valence-electron chi connectivity index (χ2n) is 9.81. The molecule has 2 aliphatic rings. The third-order valence-corrected chi connectivity index (χ3v) is 6.88. The van der Waals surface area contributed by atoms with E-state index in [-0.39, 0.29) is 0 Å². The lowest BCUT2D eigenvalue weighted by Gasteiger charge is -2.38. The molecule has 9 heteroatoms. The molecule has 1 aromatic carbocycles. The quantitative estimate of drug-likeness (QED) is 0.433. The van der Waals surface area contributed by atoms with Gasteiger partial charge in [0.05, 0.1) is 30.7 Å². The molecule has 1 unspecified atom stereocenters. The van der Waals surface area contributed by atoms with Crippen LogP contribution in [0.4, 0.5) is 17.2 Å². The maximum Gasteiger partial charge on any atom is 0.216 e. The molecule has 1 atom stereocenters. The van der Waals surface area contributed by atoms with Crippen LogP contribution in [0, 0.1) is 0 Å². The van der Waals surface area contributed by atoms with E-state index in [2.05, 4.69) is 26.3 Å². The van der Waals surface area contributed by atoms with Gasteiger partial charge < -0.3 is 29.2 Å². The summed E-state index contributed by atoms with van der Waals surface area (Å²) in [4.78, 5) is 16.1. The van der Waals surface area contributed by atoms with Crippen LogP contribution < -0.4 is 19.7 Å². The Morgan fingerprint density at radius 1 is 1.19 bits per heavy atom. The Morgan fingerprint density at radius 2 is 2.11 bits per heavy atom. The third kappa shape index (κ3) is 4.30. The van der Waals surface area contributed by atoms with Crippen molar-refractivity contribution >= 4 is 22.8 Å². The van der Waals surface area contributed by atoms with E-state index in [1.807, 2.05) is 48.1 Å². The summed E-state index contributed by atoms with van der Waals surface area (Å²) in [5, 5.41) is 14.0. The lowest BCUT2D eigenvalue weighted by Crippen LogP contribution is -2.46. The average molecular weight is 487 g/mol. The van der Waals surface area contributed by atoms with Gasteiger partial charge in [-0.3, -0.25) is 0 Å². The van der Waals surface area contributed by atoms with Crippen molar-refractivity contribution in [2.75, 3.05) is 37.0 Å². The first-order valence-electron chi connectivity index (χ1n) is 12.4. The SMILES string of the molecule is COc1cc(Nc2nc(-c3cnc4c(c3)CCCO4)cn3ccnc23)ccc1N1CCCC(C)(O)C1. The summed E-state index contributed by atoms with van der Waals surface area (Å²) in [6.07, 6.45) is 11.1. The number of pyridine rings is 1. The van der Waals surface area contributed by atoms with E-state index in [9.17, 15) is 5.11 Å². The van der Waals surface area contributed by atoms with Crippen molar-refractivity contribution in [1.29, 1.82) is 0 Å². The van der Waals surface area contributed by atoms with E-state index in [0.717, 1.165) is 77.7 Å². The van der Waals surface area contributed by atoms with Gasteiger partial charge in [0.1, 0.15) is 5.75 Å². The van der Waals surface area contributed by atoms with Crippen molar-refractivity contribution in [1.82, 2.24) is 19.4 Å². The molecule has 0 spiro atoms. The van der Waals surface area contributed by atoms with Crippen LogP contribution in [0.5, 0.6) is 11.6 Å². The van der Waals surface area contributed by atoms with Crippen molar-refractivity contribution in [2.45, 2.75) is 38.2 Å². The predicted molar refractivity (Wildman–Crippen MR) is 138 cm³/mol. The maximum atomic E-state index is 10.6. The van der Waals surface area contributed by atoms with Crippen LogP contribution in [0.2, 0.25) is 0 Å². The number of β-amino-alcohol motifs (C(OH)–C–C–N with tert-alkyl or cyclic N) is 1. The summed E-state index contributed by atoms with van der Waals surface area (Å²) in [7, 11) is 1.67. The van der Waals surface area contributed by atoms with Gasteiger partial charge in [0.15, 0.2) is 11.5 Å². The molecule has 2 aliphatic heterocycles. The number of anilines is 3. The second-order valence-corrected chi connectivity index (χ2v) is 9.81. The number of rotatable bonds is 5. The number of nitrogens with zero attached hydrogens (tertiary/aromatic N) is 5. The van der Waals surface area contributed by atoms with Crippen LogP contribution in [-0.4, -0.2) is 56.9 Å². The van der Waals surface area contributed by atoms with Gasteiger partial charge in [-0.2, -0.15) is 0 Å². The molecule has 1 saturated heterocycles. The highest BCUT2D eigenvalue weighted by Crippen LogP contribution is 2.36. The molecule has 0 bridgehead atoms. The summed E-state index contributed by atoms with van der Waals surface area (Å²) < 4.78 is 13.4. The molecule has 3 aromatic heterocycles. The van der Waals surface area contributed by atoms with Gasteiger partial charge in [-0.15, -0.1) is 0 Å². The van der Waals surface area contributed by atoms with Gasteiger partial charge in [0, 0.05) is 60.8 Å². The topological polar surface area (TPSA) is 97.0 Å². The number of hydrogen-bond acceptors (Lipinski definition) is 8. The minimum atomic E-state index is -0.700. The molecular formula is C27H30N6O3. The number of aryl methyl sites for hydroxylation is 1. The number of piperidine rings is 1. The van der Waals surface area contributed by atoms with Gasteiger partial charge in [-0.05, 0) is 50.8 Å². The Balaban J connectivity index is 1.33. The molecule has 186 valence electrons. The Morgan fingerprint density at radius 3 is 2.97 bits per heavy atom. The molecule has 0 radical (unpaired) electrons. The standard InChI is InChI=1S/C27H30N6O3/c1-27(34)8-4-10-33(17-27)22-7-6-20(14-23(22)35-2)30-24-25-28-9-11-32(25)16-21(31-24)19-13-18-5-3-12-36-26(18)29-15-19/h6-7,9,11,13-16,34H,3-5,8,10,12,17H2,1-2H3,(H,30,31). The van der Waals surface area contributed by atoms with Crippen LogP contribution in [0.1, 0.15) is 31.7 Å². The molecule has 0 aliphatic carbocycles. The second kappa shape index (κ2) is 8.98. The third-order valence-electron chi connectivity index (χ3n) is 6.88. The zero-order valence-corrected chi connectivity index (χ0v) is 20.6. The lowest BCUT2D eigenvalue weighted by atomic mass is 9.94. The zero-order chi connectivity index (χ0) is 24.7. The number of fused-ring (bicyclic) bond motifs is 2. The smallest absolute Gasteiger partial charge is 0.216 e. The van der Waals surface area contributed by atoms with E-state index in [1.54, 1.807) is 13.3 Å². The first kappa shape index (κ1) is 22.6. The van der Waals surface area contributed by atoms with E-state index >= 15 is 0 Å². The molecular weight excluding hydrogens is 456 g/mol. The summed E-state index contributed by atoms with van der Waals surface area (Å²) >= 11 is 0. The summed E-state index contributed by atoms with van der Waals surface area (Å²) in [6, 6.07) is 8.11. The highest BCUT2D eigenvalue weighted by Gasteiger charge is 2.29. The van der Waals surface area contributed by atoms with Crippen molar-refractivity contribution in [3.63, 3.8) is 0 Å². The van der Waals surface area contributed by atoms with Gasteiger partial charge >= 0.3 is 0 Å². The first-order valence-corrected chi connectivity index (χ1v) is 12.4. The number of imidazole rings is 1. The fourth-order valence-electron chi connectivity index (χ4n) is 5.11. The molecule has 0 amide bonds. The van der Waals surface area contributed by atoms with E-state index in [1.165, 1.54) is 0 Å². The fraction of sp³-hybridized carbons (Fsp3) is 0.370. The number of benzene rings is 1. The molecule has 9 nitrogen and oxygen atoms in total. The Bertz CT molecular complexity index is 1420. The lowest BCUT2D eigenvalue weighted by molar-refractivity contribution is 0.0448. The Labute approximate surface area is 209 Å². The fourth-order valence-corrected chi connectivity index (χ4v) is 5.11. The molecule has 1 fully saturated rings. The molecule has 2 N–H and O–H groups in total. The number of nitrogens with one attached hydrogen (secondary N) is 1. The van der Waals surface area contributed by atoms with Crippen LogP contribution in [0.25, 0.3) is 16.9 Å². The predicted octanol–water partition coefficient (Wildman–Crippen LogP) is 4.22. The largest absolute Gasteiger partial charge is 0.495 e. The minimum Gasteiger partial charge on any atom is -0.495 e. The van der Waals surface area contributed by atoms with Crippen LogP contribution in [0.15, 0.2) is 49.1 Å². The van der Waals surface area contributed by atoms with Crippen LogP contribution in [-0.2, 0) is 6.42 Å². The highest BCUT2D eigenvalue weighted by atomic mass is 16.5. The summed E-state index contributed by atoms with van der Waals surface area (Å²) in [6.45, 7) is 4.07. The van der Waals surface area contributed by atoms with Crippen LogP contribution in [0.3, 0.4) is 0 Å². The average Bonchev–Trinajstić information content (AvgIpc) is 3.37. The maximum absolute atomic E-state index is 10.6. The highest BCUT2D eigenvalue weighted by molar-refractivity contribution is 5.76. The minimum absolute atomic E-state index is 0.578. The first-order chi connectivity index (χ1) is 17.5. The van der Waals surface area contributed by atoms with Crippen molar-refractivity contribution in [3.05, 3.63) is 54.6 Å². The zero-order valence-electron chi connectivity index (χ0n) is 20.6. The number of methoxy groups -OCH3 is 1.